The lowest BCUT2D eigenvalue weighted by atomic mass is 10.2. The number of methoxy groups -OCH3 is 1. The Morgan fingerprint density at radius 1 is 1.44 bits per heavy atom. The fourth-order valence-corrected chi connectivity index (χ4v) is 1.17. The van der Waals surface area contributed by atoms with Crippen LogP contribution in [0.25, 0.3) is 0 Å². The van der Waals surface area contributed by atoms with Crippen molar-refractivity contribution >= 4 is 11.7 Å². The van der Waals surface area contributed by atoms with Crippen LogP contribution >= 0.6 is 0 Å². The summed E-state index contributed by atoms with van der Waals surface area (Å²) in [6, 6.07) is 3.23. The molecule has 5 nitrogen and oxygen atoms in total. The molecule has 1 aromatic rings. The smallest absolute Gasteiger partial charge is 0.220 e. The van der Waals surface area contributed by atoms with Gasteiger partial charge in [0.15, 0.2) is 11.5 Å². The first-order valence-corrected chi connectivity index (χ1v) is 5.06. The molecule has 0 bridgehead atoms. The molecular weight excluding hydrogens is 210 g/mol. The number of carbonyl (C=O) groups excluding carboxylic acids is 2. The topological polar surface area (TPSA) is 68.5 Å². The molecule has 0 spiro atoms. The fraction of sp³-hybridized carbons (Fsp3) is 0.455. The number of ether oxygens (including phenoxy) is 1. The number of hydrogen-bond acceptors (Lipinski definition) is 4. The van der Waals surface area contributed by atoms with Gasteiger partial charge in [0.2, 0.25) is 5.91 Å². The van der Waals surface area contributed by atoms with E-state index in [0.717, 1.165) is 0 Å². The molecule has 0 radical (unpaired) electrons. The van der Waals surface area contributed by atoms with E-state index in [1.807, 2.05) is 0 Å². The molecule has 0 saturated carbocycles. The van der Waals surface area contributed by atoms with Gasteiger partial charge >= 0.3 is 0 Å². The predicted octanol–water partition coefficient (Wildman–Crippen LogP) is 1.01. The highest BCUT2D eigenvalue weighted by atomic mass is 16.5. The molecule has 88 valence electrons. The summed E-state index contributed by atoms with van der Waals surface area (Å²) in [6.07, 6.45) is 1.77. The molecule has 0 aliphatic heterocycles. The van der Waals surface area contributed by atoms with Gasteiger partial charge in [-0.3, -0.25) is 9.59 Å². The Hall–Kier alpha value is -1.62. The third-order valence-corrected chi connectivity index (χ3v) is 2.00. The van der Waals surface area contributed by atoms with E-state index < -0.39 is 0 Å². The summed E-state index contributed by atoms with van der Waals surface area (Å²) in [7, 11) is 1.56. The van der Waals surface area contributed by atoms with Gasteiger partial charge in [0.25, 0.3) is 0 Å². The van der Waals surface area contributed by atoms with Crippen molar-refractivity contribution in [2.45, 2.75) is 12.8 Å². The van der Waals surface area contributed by atoms with Crippen molar-refractivity contribution in [1.29, 1.82) is 0 Å². The first kappa shape index (κ1) is 12.4. The van der Waals surface area contributed by atoms with Gasteiger partial charge in [-0.15, -0.1) is 0 Å². The zero-order chi connectivity index (χ0) is 11.8. The van der Waals surface area contributed by atoms with Crippen molar-refractivity contribution in [3.8, 4) is 0 Å². The molecule has 0 aliphatic carbocycles. The summed E-state index contributed by atoms with van der Waals surface area (Å²) in [5.41, 5.74) is 0. The first-order chi connectivity index (χ1) is 7.74. The molecule has 5 heteroatoms. The highest BCUT2D eigenvalue weighted by molar-refractivity contribution is 5.95. The van der Waals surface area contributed by atoms with Crippen LogP contribution in [0.15, 0.2) is 22.8 Å². The molecular formula is C11H15NO4. The minimum Gasteiger partial charge on any atom is -0.461 e. The van der Waals surface area contributed by atoms with Crippen molar-refractivity contribution in [1.82, 2.24) is 5.32 Å². The second kappa shape index (κ2) is 6.79. The fourth-order valence-electron chi connectivity index (χ4n) is 1.17. The minimum absolute atomic E-state index is 0.156. The summed E-state index contributed by atoms with van der Waals surface area (Å²) < 4.78 is 9.70. The van der Waals surface area contributed by atoms with Gasteiger partial charge in [-0.25, -0.2) is 0 Å². The maximum Gasteiger partial charge on any atom is 0.220 e. The van der Waals surface area contributed by atoms with Gasteiger partial charge < -0.3 is 14.5 Å². The van der Waals surface area contributed by atoms with Crippen LogP contribution in [0.4, 0.5) is 0 Å². The van der Waals surface area contributed by atoms with E-state index in [1.54, 1.807) is 19.2 Å². The van der Waals surface area contributed by atoms with Crippen LogP contribution < -0.4 is 5.32 Å². The monoisotopic (exact) mass is 225 g/mol. The van der Waals surface area contributed by atoms with Crippen molar-refractivity contribution in [3.63, 3.8) is 0 Å². The second-order valence-corrected chi connectivity index (χ2v) is 3.24. The lowest BCUT2D eigenvalue weighted by Crippen LogP contribution is -2.27. The Kier molecular flexibility index (Phi) is 5.28. The van der Waals surface area contributed by atoms with Gasteiger partial charge in [0, 0.05) is 26.5 Å². The average molecular weight is 225 g/mol. The first-order valence-electron chi connectivity index (χ1n) is 5.06. The molecule has 0 atom stereocenters. The van der Waals surface area contributed by atoms with E-state index in [-0.39, 0.29) is 24.5 Å². The third-order valence-electron chi connectivity index (χ3n) is 2.00. The van der Waals surface area contributed by atoms with E-state index in [1.165, 1.54) is 6.26 Å². The van der Waals surface area contributed by atoms with E-state index in [2.05, 4.69) is 5.32 Å². The van der Waals surface area contributed by atoms with Crippen LogP contribution in [0.5, 0.6) is 0 Å². The second-order valence-electron chi connectivity index (χ2n) is 3.24. The zero-order valence-corrected chi connectivity index (χ0v) is 9.19. The van der Waals surface area contributed by atoms with Crippen molar-refractivity contribution in [3.05, 3.63) is 24.2 Å². The minimum atomic E-state index is -0.160. The van der Waals surface area contributed by atoms with Crippen molar-refractivity contribution in [2.24, 2.45) is 0 Å². The van der Waals surface area contributed by atoms with Crippen LogP contribution in [0.2, 0.25) is 0 Å². The van der Waals surface area contributed by atoms with Crippen LogP contribution in [0.1, 0.15) is 23.4 Å². The number of amides is 1. The van der Waals surface area contributed by atoms with Crippen molar-refractivity contribution < 1.29 is 18.7 Å². The zero-order valence-electron chi connectivity index (χ0n) is 9.19. The summed E-state index contributed by atoms with van der Waals surface area (Å²) >= 11 is 0. The molecule has 16 heavy (non-hydrogen) atoms. The Morgan fingerprint density at radius 3 is 2.88 bits per heavy atom. The Morgan fingerprint density at radius 2 is 2.25 bits per heavy atom. The quantitative estimate of drug-likeness (QED) is 0.555. The lowest BCUT2D eigenvalue weighted by molar-refractivity contribution is -0.121. The van der Waals surface area contributed by atoms with Gasteiger partial charge in [-0.05, 0) is 12.1 Å². The summed E-state index contributed by atoms with van der Waals surface area (Å²) in [5.74, 6) is -0.0199. The molecule has 1 N–H and O–H groups in total. The molecule has 0 aromatic carbocycles. The standard InChI is InChI=1S/C11H15NO4/c1-15-8-6-12-11(14)5-4-9(13)10-3-2-7-16-10/h2-3,7H,4-6,8H2,1H3,(H,12,14). The Bertz CT molecular complexity index is 332. The highest BCUT2D eigenvalue weighted by Crippen LogP contribution is 2.05. The number of furan rings is 1. The normalized spacial score (nSPS) is 10.1. The van der Waals surface area contributed by atoms with Crippen LogP contribution in [-0.4, -0.2) is 32.0 Å². The highest BCUT2D eigenvalue weighted by Gasteiger charge is 2.10. The average Bonchev–Trinajstić information content (AvgIpc) is 2.79. The van der Waals surface area contributed by atoms with Crippen LogP contribution in [0, 0.1) is 0 Å². The van der Waals surface area contributed by atoms with Crippen LogP contribution in [-0.2, 0) is 9.53 Å². The summed E-state index contributed by atoms with van der Waals surface area (Å²) in [5, 5.41) is 2.64. The predicted molar refractivity (Wildman–Crippen MR) is 57.2 cm³/mol. The number of ketones is 1. The number of hydrogen-bond donors (Lipinski definition) is 1. The lowest BCUT2D eigenvalue weighted by Gasteiger charge is -2.03. The largest absolute Gasteiger partial charge is 0.461 e. The number of nitrogens with one attached hydrogen (secondary N) is 1. The maximum atomic E-state index is 11.4. The molecule has 0 fully saturated rings. The van der Waals surface area contributed by atoms with Gasteiger partial charge in [0.05, 0.1) is 12.9 Å². The van der Waals surface area contributed by atoms with Gasteiger partial charge in [-0.1, -0.05) is 0 Å². The Labute approximate surface area is 93.8 Å². The third kappa shape index (κ3) is 4.27. The van der Waals surface area contributed by atoms with Gasteiger partial charge in [-0.2, -0.15) is 0 Å². The van der Waals surface area contributed by atoms with Crippen molar-refractivity contribution in [2.75, 3.05) is 20.3 Å². The molecule has 1 amide bonds. The van der Waals surface area contributed by atoms with E-state index in [0.29, 0.717) is 18.9 Å². The molecule has 0 aliphatic rings. The van der Waals surface area contributed by atoms with Crippen LogP contribution in [0.3, 0.4) is 0 Å². The Balaban J connectivity index is 2.19. The molecule has 0 saturated heterocycles. The molecule has 1 aromatic heterocycles. The molecule has 1 heterocycles. The number of Topliss-reactive ketones (excluding diaryl/α,β-unsaturated/α-hetero) is 1. The van der Waals surface area contributed by atoms with E-state index in [9.17, 15) is 9.59 Å². The van der Waals surface area contributed by atoms with E-state index in [4.69, 9.17) is 9.15 Å². The van der Waals surface area contributed by atoms with E-state index >= 15 is 0 Å². The maximum absolute atomic E-state index is 11.4. The SMILES string of the molecule is COCCNC(=O)CCC(=O)c1ccco1. The molecule has 1 rings (SSSR count). The number of carbonyl (C=O) groups is 2. The molecule has 0 unspecified atom stereocenters. The number of rotatable bonds is 7. The summed E-state index contributed by atoms with van der Waals surface area (Å²) in [4.78, 5) is 22.7. The summed E-state index contributed by atoms with van der Waals surface area (Å²) in [6.45, 7) is 0.933. The van der Waals surface area contributed by atoms with Gasteiger partial charge in [0.1, 0.15) is 0 Å².